The highest BCUT2D eigenvalue weighted by Crippen LogP contribution is 2.48. The quantitative estimate of drug-likeness (QED) is 0.553. The number of piperazine rings is 1. The summed E-state index contributed by atoms with van der Waals surface area (Å²) in [6.07, 6.45) is 1.47. The number of amides is 3. The third kappa shape index (κ3) is 4.69. The van der Waals surface area contributed by atoms with Crippen molar-refractivity contribution in [3.05, 3.63) is 24.3 Å². The van der Waals surface area contributed by atoms with E-state index in [9.17, 15) is 19.6 Å². The number of aromatic nitrogens is 4. The summed E-state index contributed by atoms with van der Waals surface area (Å²) in [5.41, 5.74) is 0.796. The van der Waals surface area contributed by atoms with Crippen LogP contribution in [0.25, 0.3) is 11.4 Å². The summed E-state index contributed by atoms with van der Waals surface area (Å²) in [6.45, 7) is 5.98. The van der Waals surface area contributed by atoms with Gasteiger partial charge < -0.3 is 19.9 Å². The molecule has 0 spiro atoms. The number of piperidine rings is 1. The fourth-order valence-corrected chi connectivity index (χ4v) is 6.23. The molecule has 3 amide bonds. The first-order valence-corrected chi connectivity index (χ1v) is 13.3. The van der Waals surface area contributed by atoms with Crippen LogP contribution in [0, 0.1) is 17.2 Å². The molecular formula is C26H31N9O4. The number of nitrogens with zero attached hydrogens (tertiary/aromatic N) is 7. The van der Waals surface area contributed by atoms with Crippen molar-refractivity contribution in [3.63, 3.8) is 0 Å². The number of hydrogen-bond acceptors (Lipinski definition) is 9. The number of tetrazole rings is 1. The van der Waals surface area contributed by atoms with Gasteiger partial charge in [0.15, 0.2) is 5.82 Å². The van der Waals surface area contributed by atoms with Crippen LogP contribution in [0.5, 0.6) is 0 Å². The largest absolute Gasteiger partial charge is 0.444 e. The summed E-state index contributed by atoms with van der Waals surface area (Å²) in [5.74, 6) is 0.515. The molecule has 1 saturated carbocycles. The highest BCUT2D eigenvalue weighted by atomic mass is 16.6. The van der Waals surface area contributed by atoms with Crippen molar-refractivity contribution < 1.29 is 19.1 Å². The average molecular weight is 534 g/mol. The van der Waals surface area contributed by atoms with E-state index in [1.165, 1.54) is 0 Å². The number of anilines is 1. The van der Waals surface area contributed by atoms with Crippen LogP contribution in [0.4, 0.5) is 10.5 Å². The van der Waals surface area contributed by atoms with Crippen LogP contribution in [-0.2, 0) is 14.3 Å². The van der Waals surface area contributed by atoms with E-state index in [4.69, 9.17) is 4.74 Å². The van der Waals surface area contributed by atoms with Gasteiger partial charge in [0.25, 0.3) is 0 Å². The number of fused-ring (bicyclic) bond motifs is 3. The molecule has 2 aromatic rings. The number of nitrogens with one attached hydrogen (secondary N) is 2. The molecule has 1 aliphatic carbocycles. The van der Waals surface area contributed by atoms with Crippen molar-refractivity contribution in [3.8, 4) is 17.5 Å². The van der Waals surface area contributed by atoms with Gasteiger partial charge in [0.2, 0.25) is 11.8 Å². The minimum atomic E-state index is -0.932. The fourth-order valence-electron chi connectivity index (χ4n) is 6.23. The minimum absolute atomic E-state index is 0.0454. The monoisotopic (exact) mass is 533 g/mol. The van der Waals surface area contributed by atoms with Crippen LogP contribution in [0.3, 0.4) is 0 Å². The molecule has 13 nitrogen and oxygen atoms in total. The van der Waals surface area contributed by atoms with Crippen LogP contribution in [0.1, 0.15) is 40.0 Å². The number of aromatic amines is 1. The zero-order valence-corrected chi connectivity index (χ0v) is 22.1. The number of alkyl carbamates (subject to hydrolysis) is 1. The number of nitriles is 1. The number of benzene rings is 1. The number of hydrogen-bond donors (Lipinski definition) is 2. The van der Waals surface area contributed by atoms with Crippen LogP contribution in [0.15, 0.2) is 24.3 Å². The van der Waals surface area contributed by atoms with Gasteiger partial charge in [0, 0.05) is 30.4 Å². The maximum atomic E-state index is 13.7. The molecule has 2 N–H and O–H groups in total. The molecule has 1 aromatic heterocycles. The molecule has 6 rings (SSSR count). The Morgan fingerprint density at radius 3 is 2.79 bits per heavy atom. The molecule has 3 aliphatic heterocycles. The molecule has 39 heavy (non-hydrogen) atoms. The van der Waals surface area contributed by atoms with Gasteiger partial charge in [-0.25, -0.2) is 9.89 Å². The zero-order valence-electron chi connectivity index (χ0n) is 22.1. The predicted octanol–water partition coefficient (Wildman–Crippen LogP) is 1.06. The number of ether oxygens (including phenoxy) is 1. The molecule has 4 heterocycles. The smallest absolute Gasteiger partial charge is 0.408 e. The van der Waals surface area contributed by atoms with E-state index in [0.717, 1.165) is 17.7 Å². The summed E-state index contributed by atoms with van der Waals surface area (Å²) in [5, 5.41) is 26.3. The average Bonchev–Trinajstić information content (AvgIpc) is 3.32. The van der Waals surface area contributed by atoms with E-state index in [-0.39, 0.29) is 30.4 Å². The third-order valence-corrected chi connectivity index (χ3v) is 7.93. The maximum absolute atomic E-state index is 13.7. The molecule has 6 atom stereocenters. The SMILES string of the molecule is CC(C)(C)OC(=O)NC(CN1C[C@@H]2CC1C(=O)N2c1cccc(-c2nnn[nH]2)c1)C(=O)N1C(C#N)C[C@@H]2C[C@@H]21. The van der Waals surface area contributed by atoms with Crippen LogP contribution in [-0.4, -0.2) is 97.2 Å². The number of carbonyl (C=O) groups excluding carboxylic acids is 3. The lowest BCUT2D eigenvalue weighted by Gasteiger charge is -2.36. The van der Waals surface area contributed by atoms with Crippen molar-refractivity contribution in [2.75, 3.05) is 18.0 Å². The number of rotatable bonds is 6. The Labute approximate surface area is 225 Å². The lowest BCUT2D eigenvalue weighted by atomic mass is 10.1. The Balaban J connectivity index is 1.19. The normalized spacial score (nSPS) is 28.3. The van der Waals surface area contributed by atoms with Crippen molar-refractivity contribution >= 4 is 23.6 Å². The van der Waals surface area contributed by atoms with Crippen molar-refractivity contribution in [2.45, 2.75) is 75.8 Å². The second-order valence-corrected chi connectivity index (χ2v) is 11.8. The Bertz CT molecular complexity index is 1330. The van der Waals surface area contributed by atoms with Gasteiger partial charge in [0.05, 0.1) is 18.2 Å². The highest BCUT2D eigenvalue weighted by Gasteiger charge is 2.56. The van der Waals surface area contributed by atoms with Gasteiger partial charge in [-0.05, 0) is 68.5 Å². The summed E-state index contributed by atoms with van der Waals surface area (Å²) in [6, 6.07) is 7.85. The lowest BCUT2D eigenvalue weighted by Crippen LogP contribution is -2.59. The van der Waals surface area contributed by atoms with E-state index in [1.54, 1.807) is 30.6 Å². The number of H-pyrrole nitrogens is 1. The summed E-state index contributed by atoms with van der Waals surface area (Å²) < 4.78 is 5.44. The number of carbonyl (C=O) groups is 3. The Morgan fingerprint density at radius 2 is 2.10 bits per heavy atom. The molecular weight excluding hydrogens is 502 g/mol. The Hall–Kier alpha value is -4.05. The van der Waals surface area contributed by atoms with Gasteiger partial charge in [-0.2, -0.15) is 5.26 Å². The summed E-state index contributed by atoms with van der Waals surface area (Å²) in [4.78, 5) is 45.4. The molecule has 13 heteroatoms. The second-order valence-electron chi connectivity index (χ2n) is 11.8. The van der Waals surface area contributed by atoms with Gasteiger partial charge in [-0.1, -0.05) is 12.1 Å². The van der Waals surface area contributed by atoms with Crippen LogP contribution in [0.2, 0.25) is 0 Å². The molecule has 2 bridgehead atoms. The van der Waals surface area contributed by atoms with Gasteiger partial charge in [-0.15, -0.1) is 5.10 Å². The topological polar surface area (TPSA) is 160 Å². The van der Waals surface area contributed by atoms with Gasteiger partial charge >= 0.3 is 6.09 Å². The van der Waals surface area contributed by atoms with Gasteiger partial charge in [0.1, 0.15) is 17.7 Å². The van der Waals surface area contributed by atoms with Gasteiger partial charge in [-0.3, -0.25) is 14.5 Å². The van der Waals surface area contributed by atoms with E-state index >= 15 is 0 Å². The molecule has 4 aliphatic rings. The van der Waals surface area contributed by atoms with Crippen LogP contribution < -0.4 is 10.2 Å². The van der Waals surface area contributed by atoms with Crippen LogP contribution >= 0.6 is 0 Å². The summed E-state index contributed by atoms with van der Waals surface area (Å²) >= 11 is 0. The van der Waals surface area contributed by atoms with E-state index in [2.05, 4.69) is 32.0 Å². The van der Waals surface area contributed by atoms with E-state index in [1.807, 2.05) is 29.2 Å². The van der Waals surface area contributed by atoms with E-state index < -0.39 is 29.8 Å². The molecule has 3 unspecified atom stereocenters. The standard InChI is InChI=1S/C26H31N9O4/c1-26(2,3)39-25(38)28-19(23(36)35-17(11-27)8-15-9-20(15)35)13-33-12-18-10-21(33)24(37)34(18)16-6-4-5-14(7-16)22-29-31-32-30-22/h4-7,15,17-21H,8-10,12-13H2,1-3H3,(H,28,38)(H,29,30,31,32)/t15-,17?,18+,19?,20+,21?/m1/s1. The van der Waals surface area contributed by atoms with E-state index in [0.29, 0.717) is 31.1 Å². The fraction of sp³-hybridized carbons (Fsp3) is 0.577. The first-order valence-electron chi connectivity index (χ1n) is 13.3. The first-order chi connectivity index (χ1) is 18.6. The van der Waals surface area contributed by atoms with Crippen molar-refractivity contribution in [1.82, 2.24) is 35.7 Å². The predicted molar refractivity (Wildman–Crippen MR) is 137 cm³/mol. The molecule has 4 fully saturated rings. The molecule has 3 saturated heterocycles. The highest BCUT2D eigenvalue weighted by molar-refractivity contribution is 6.01. The number of likely N-dealkylation sites (tertiary alicyclic amines) is 2. The zero-order chi connectivity index (χ0) is 27.5. The second kappa shape index (κ2) is 9.30. The Morgan fingerprint density at radius 1 is 1.28 bits per heavy atom. The minimum Gasteiger partial charge on any atom is -0.444 e. The van der Waals surface area contributed by atoms with Crippen molar-refractivity contribution in [2.24, 2.45) is 5.92 Å². The van der Waals surface area contributed by atoms with Crippen molar-refractivity contribution in [1.29, 1.82) is 5.26 Å². The lowest BCUT2D eigenvalue weighted by molar-refractivity contribution is -0.136. The maximum Gasteiger partial charge on any atom is 0.408 e. The molecule has 204 valence electrons. The third-order valence-electron chi connectivity index (χ3n) is 7.93. The molecule has 0 radical (unpaired) electrons. The summed E-state index contributed by atoms with van der Waals surface area (Å²) in [7, 11) is 0. The molecule has 1 aromatic carbocycles. The Kier molecular flexibility index (Phi) is 6.02. The first kappa shape index (κ1) is 25.2.